The summed E-state index contributed by atoms with van der Waals surface area (Å²) >= 11 is 0. The molecule has 0 saturated carbocycles. The quantitative estimate of drug-likeness (QED) is 0.195. The molecule has 0 aliphatic heterocycles. The molecule has 0 radical (unpaired) electrons. The van der Waals surface area contributed by atoms with E-state index < -0.39 is 0 Å². The average molecular weight is 577 g/mol. The average Bonchev–Trinajstić information content (AvgIpc) is 3.50. The van der Waals surface area contributed by atoms with Crippen molar-refractivity contribution in [1.29, 1.82) is 0 Å². The number of aromatic nitrogens is 4. The number of hydrogen-bond acceptors (Lipinski definition) is 5. The molecular formula is C40H24N4O. The highest BCUT2D eigenvalue weighted by molar-refractivity contribution is 6.28. The molecule has 9 aromatic rings. The summed E-state index contributed by atoms with van der Waals surface area (Å²) in [5.41, 5.74) is 7.38. The molecule has 0 aliphatic rings. The van der Waals surface area contributed by atoms with E-state index in [-0.39, 0.29) is 0 Å². The Bertz CT molecular complexity index is 2470. The molecule has 0 saturated heterocycles. The van der Waals surface area contributed by atoms with Crippen LogP contribution in [0.3, 0.4) is 0 Å². The maximum absolute atomic E-state index is 6.46. The SMILES string of the molecule is c1ccc(-c2nc(-c3ccccc3)nc(-c3ccc4oc5ccc6c(-c7ccccc7)nc7ccccc7c6c5c4c3)n2)cc1. The van der Waals surface area contributed by atoms with Gasteiger partial charge in [-0.1, -0.05) is 109 Å². The lowest BCUT2D eigenvalue weighted by molar-refractivity contribution is 0.669. The Morgan fingerprint density at radius 2 is 0.911 bits per heavy atom. The standard InChI is InChI=1S/C40H24N4O/c1-4-12-25(13-5-1)37-30-21-23-34-36(35(30)29-18-10-11-19-32(29)41-37)31-24-28(20-22-33(31)45-34)40-43-38(26-14-6-2-7-15-26)42-39(44-40)27-16-8-3-9-17-27/h1-24H. The van der Waals surface area contributed by atoms with E-state index in [1.54, 1.807) is 0 Å². The van der Waals surface area contributed by atoms with Crippen molar-refractivity contribution in [1.82, 2.24) is 19.9 Å². The Labute approximate surface area is 258 Å². The van der Waals surface area contributed by atoms with Crippen LogP contribution in [0.25, 0.3) is 89.0 Å². The van der Waals surface area contributed by atoms with Crippen LogP contribution in [0.1, 0.15) is 0 Å². The van der Waals surface area contributed by atoms with E-state index in [0.29, 0.717) is 17.5 Å². The highest BCUT2D eigenvalue weighted by atomic mass is 16.3. The Kier molecular flexibility index (Phi) is 5.74. The van der Waals surface area contributed by atoms with Crippen LogP contribution in [-0.2, 0) is 0 Å². The van der Waals surface area contributed by atoms with Gasteiger partial charge in [0.2, 0.25) is 0 Å². The molecule has 9 rings (SSSR count). The lowest BCUT2D eigenvalue weighted by Crippen LogP contribution is -2.00. The van der Waals surface area contributed by atoms with Gasteiger partial charge in [-0.3, -0.25) is 0 Å². The molecule has 210 valence electrons. The number of benzene rings is 6. The minimum absolute atomic E-state index is 0.607. The summed E-state index contributed by atoms with van der Waals surface area (Å²) in [4.78, 5) is 19.9. The fraction of sp³-hybridized carbons (Fsp3) is 0. The third-order valence-corrected chi connectivity index (χ3v) is 8.30. The van der Waals surface area contributed by atoms with Crippen molar-refractivity contribution in [2.24, 2.45) is 0 Å². The van der Waals surface area contributed by atoms with Crippen LogP contribution in [0, 0.1) is 0 Å². The maximum atomic E-state index is 6.46. The van der Waals surface area contributed by atoms with Crippen molar-refractivity contribution in [3.05, 3.63) is 146 Å². The van der Waals surface area contributed by atoms with Crippen LogP contribution in [-0.4, -0.2) is 19.9 Å². The van der Waals surface area contributed by atoms with Crippen LogP contribution in [0.4, 0.5) is 0 Å². The fourth-order valence-electron chi connectivity index (χ4n) is 6.20. The van der Waals surface area contributed by atoms with Crippen LogP contribution < -0.4 is 0 Å². The van der Waals surface area contributed by atoms with Crippen LogP contribution in [0.15, 0.2) is 150 Å². The van der Waals surface area contributed by atoms with Gasteiger partial charge >= 0.3 is 0 Å². The summed E-state index contributed by atoms with van der Waals surface area (Å²) in [5.74, 6) is 1.87. The van der Waals surface area contributed by atoms with Crippen molar-refractivity contribution in [3.63, 3.8) is 0 Å². The van der Waals surface area contributed by atoms with Crippen molar-refractivity contribution in [2.75, 3.05) is 0 Å². The molecule has 0 spiro atoms. The number of nitrogens with zero attached hydrogens (tertiary/aromatic N) is 4. The monoisotopic (exact) mass is 576 g/mol. The number of rotatable bonds is 4. The van der Waals surface area contributed by atoms with Crippen LogP contribution in [0.2, 0.25) is 0 Å². The largest absolute Gasteiger partial charge is 0.456 e. The van der Waals surface area contributed by atoms with Gasteiger partial charge in [0.1, 0.15) is 11.2 Å². The number of para-hydroxylation sites is 1. The molecule has 3 heterocycles. The van der Waals surface area contributed by atoms with E-state index in [0.717, 1.165) is 71.6 Å². The molecule has 0 bridgehead atoms. The Morgan fingerprint density at radius 3 is 1.58 bits per heavy atom. The highest BCUT2D eigenvalue weighted by Gasteiger charge is 2.19. The molecule has 0 unspecified atom stereocenters. The first-order valence-corrected chi connectivity index (χ1v) is 14.9. The molecule has 0 N–H and O–H groups in total. The predicted molar refractivity (Wildman–Crippen MR) is 182 cm³/mol. The van der Waals surface area contributed by atoms with Gasteiger partial charge in [-0.2, -0.15) is 0 Å². The number of pyridine rings is 1. The fourth-order valence-corrected chi connectivity index (χ4v) is 6.20. The molecule has 3 aromatic heterocycles. The Morgan fingerprint density at radius 1 is 0.356 bits per heavy atom. The zero-order chi connectivity index (χ0) is 29.7. The van der Waals surface area contributed by atoms with E-state index in [1.807, 2.05) is 84.9 Å². The van der Waals surface area contributed by atoms with Gasteiger partial charge in [-0.05, 0) is 36.4 Å². The molecule has 0 fully saturated rings. The van der Waals surface area contributed by atoms with Crippen LogP contribution in [0.5, 0.6) is 0 Å². The smallest absolute Gasteiger partial charge is 0.164 e. The minimum atomic E-state index is 0.607. The molecular weight excluding hydrogens is 552 g/mol. The van der Waals surface area contributed by atoms with Crippen molar-refractivity contribution < 1.29 is 4.42 Å². The second-order valence-corrected chi connectivity index (χ2v) is 11.1. The van der Waals surface area contributed by atoms with E-state index in [1.165, 1.54) is 0 Å². The van der Waals surface area contributed by atoms with E-state index in [4.69, 9.17) is 24.4 Å². The first-order chi connectivity index (χ1) is 22.3. The van der Waals surface area contributed by atoms with Gasteiger partial charge < -0.3 is 4.42 Å². The molecule has 5 nitrogen and oxygen atoms in total. The molecule has 45 heavy (non-hydrogen) atoms. The van der Waals surface area contributed by atoms with Crippen molar-refractivity contribution >= 4 is 43.6 Å². The number of hydrogen-bond donors (Lipinski definition) is 0. The predicted octanol–water partition coefficient (Wildman–Crippen LogP) is 10.1. The van der Waals surface area contributed by atoms with Gasteiger partial charge in [0, 0.05) is 49.2 Å². The molecule has 5 heteroatoms. The number of fused-ring (bicyclic) bond motifs is 7. The summed E-state index contributed by atoms with van der Waals surface area (Å²) in [6.07, 6.45) is 0. The zero-order valence-corrected chi connectivity index (χ0v) is 24.1. The van der Waals surface area contributed by atoms with Crippen LogP contribution >= 0.6 is 0 Å². The van der Waals surface area contributed by atoms with Crippen molar-refractivity contribution in [3.8, 4) is 45.4 Å². The number of furan rings is 1. The maximum Gasteiger partial charge on any atom is 0.164 e. The lowest BCUT2D eigenvalue weighted by atomic mass is 9.96. The Hall–Kier alpha value is -6.20. The second-order valence-electron chi connectivity index (χ2n) is 11.1. The van der Waals surface area contributed by atoms with E-state index >= 15 is 0 Å². The summed E-state index contributed by atoms with van der Waals surface area (Å²) in [6.45, 7) is 0. The molecule has 0 atom stereocenters. The first kappa shape index (κ1) is 25.3. The van der Waals surface area contributed by atoms with Crippen molar-refractivity contribution in [2.45, 2.75) is 0 Å². The summed E-state index contributed by atoms with van der Waals surface area (Å²) in [7, 11) is 0. The Balaban J connectivity index is 1.33. The second kappa shape index (κ2) is 10.2. The van der Waals surface area contributed by atoms with Gasteiger partial charge in [0.25, 0.3) is 0 Å². The minimum Gasteiger partial charge on any atom is -0.456 e. The third kappa shape index (κ3) is 4.25. The lowest BCUT2D eigenvalue weighted by Gasteiger charge is -2.11. The molecule has 6 aromatic carbocycles. The van der Waals surface area contributed by atoms with Gasteiger partial charge in [0.05, 0.1) is 11.2 Å². The topological polar surface area (TPSA) is 64.7 Å². The van der Waals surface area contributed by atoms with Gasteiger partial charge in [-0.25, -0.2) is 19.9 Å². The van der Waals surface area contributed by atoms with E-state index in [2.05, 4.69) is 60.7 Å². The third-order valence-electron chi connectivity index (χ3n) is 8.30. The highest BCUT2D eigenvalue weighted by Crippen LogP contribution is 2.42. The van der Waals surface area contributed by atoms with E-state index in [9.17, 15) is 0 Å². The summed E-state index contributed by atoms with van der Waals surface area (Å²) in [6, 6.07) is 49.2. The van der Waals surface area contributed by atoms with Gasteiger partial charge in [0.15, 0.2) is 17.5 Å². The van der Waals surface area contributed by atoms with Gasteiger partial charge in [-0.15, -0.1) is 0 Å². The summed E-state index contributed by atoms with van der Waals surface area (Å²) < 4.78 is 6.46. The summed E-state index contributed by atoms with van der Waals surface area (Å²) in [5, 5.41) is 5.35. The normalized spacial score (nSPS) is 11.6. The molecule has 0 amide bonds. The molecule has 0 aliphatic carbocycles. The first-order valence-electron chi connectivity index (χ1n) is 14.9. The zero-order valence-electron chi connectivity index (χ0n) is 24.1.